The molecular formula is C17H24FNO. The fourth-order valence-electron chi connectivity index (χ4n) is 2.90. The average molecular weight is 277 g/mol. The molecule has 0 radical (unpaired) electrons. The van der Waals surface area contributed by atoms with Crippen molar-refractivity contribution in [1.29, 1.82) is 0 Å². The molecule has 0 aliphatic carbocycles. The molecular weight excluding hydrogens is 253 g/mol. The lowest BCUT2D eigenvalue weighted by atomic mass is 9.80. The van der Waals surface area contributed by atoms with Crippen LogP contribution in [0.25, 0.3) is 0 Å². The number of rotatable bonds is 2. The van der Waals surface area contributed by atoms with Gasteiger partial charge in [0.05, 0.1) is 0 Å². The number of ketones is 1. The number of benzene rings is 1. The zero-order valence-electron chi connectivity index (χ0n) is 13.1. The third-order valence-electron chi connectivity index (χ3n) is 4.41. The van der Waals surface area contributed by atoms with Crippen molar-refractivity contribution in [3.8, 4) is 0 Å². The van der Waals surface area contributed by atoms with Crippen LogP contribution in [0.4, 0.5) is 10.1 Å². The monoisotopic (exact) mass is 277 g/mol. The van der Waals surface area contributed by atoms with Gasteiger partial charge in [-0.3, -0.25) is 4.79 Å². The predicted octanol–water partition coefficient (Wildman–Crippen LogP) is 4.21. The highest BCUT2D eigenvalue weighted by Crippen LogP contribution is 2.37. The summed E-state index contributed by atoms with van der Waals surface area (Å²) < 4.78 is 13.7. The Morgan fingerprint density at radius 2 is 2.00 bits per heavy atom. The molecule has 0 bridgehead atoms. The van der Waals surface area contributed by atoms with E-state index in [2.05, 4.69) is 25.7 Å². The Morgan fingerprint density at radius 3 is 2.50 bits per heavy atom. The molecule has 0 N–H and O–H groups in total. The van der Waals surface area contributed by atoms with Crippen molar-refractivity contribution in [2.45, 2.75) is 41.0 Å². The van der Waals surface area contributed by atoms with Crippen molar-refractivity contribution in [2.75, 3.05) is 18.0 Å². The summed E-state index contributed by atoms with van der Waals surface area (Å²) in [4.78, 5) is 14.0. The van der Waals surface area contributed by atoms with E-state index in [0.29, 0.717) is 17.0 Å². The first-order valence-electron chi connectivity index (χ1n) is 7.26. The highest BCUT2D eigenvalue weighted by atomic mass is 19.1. The van der Waals surface area contributed by atoms with Gasteiger partial charge in [0.1, 0.15) is 5.82 Å². The lowest BCUT2D eigenvalue weighted by molar-refractivity contribution is 0.101. The van der Waals surface area contributed by atoms with Gasteiger partial charge in [0, 0.05) is 24.3 Å². The fraction of sp³-hybridized carbons (Fsp3) is 0.588. The maximum atomic E-state index is 13.7. The van der Waals surface area contributed by atoms with Crippen LogP contribution in [0.2, 0.25) is 0 Å². The second-order valence-corrected chi connectivity index (χ2v) is 6.97. The van der Waals surface area contributed by atoms with Crippen LogP contribution in [0.15, 0.2) is 12.1 Å². The van der Waals surface area contributed by atoms with Crippen LogP contribution in [0.5, 0.6) is 0 Å². The molecule has 1 aliphatic rings. The molecule has 3 heteroatoms. The number of carbonyl (C=O) groups excluding carboxylic acids is 1. The van der Waals surface area contributed by atoms with Crippen LogP contribution in [0.3, 0.4) is 0 Å². The van der Waals surface area contributed by atoms with E-state index in [1.54, 1.807) is 6.92 Å². The molecule has 2 nitrogen and oxygen atoms in total. The highest BCUT2D eigenvalue weighted by molar-refractivity contribution is 6.00. The van der Waals surface area contributed by atoms with Gasteiger partial charge in [-0.15, -0.1) is 0 Å². The van der Waals surface area contributed by atoms with Crippen LogP contribution < -0.4 is 4.90 Å². The average Bonchev–Trinajstić information content (AvgIpc) is 2.80. The van der Waals surface area contributed by atoms with Crippen LogP contribution in [0.1, 0.15) is 50.0 Å². The smallest absolute Gasteiger partial charge is 0.161 e. The summed E-state index contributed by atoms with van der Waals surface area (Å²) in [5.41, 5.74) is 2.26. The first kappa shape index (κ1) is 15.0. The third-order valence-corrected chi connectivity index (χ3v) is 4.41. The van der Waals surface area contributed by atoms with Crippen LogP contribution in [-0.4, -0.2) is 18.9 Å². The van der Waals surface area contributed by atoms with Crippen molar-refractivity contribution in [2.24, 2.45) is 11.3 Å². The Bertz CT molecular complexity index is 531. The topological polar surface area (TPSA) is 20.3 Å². The molecule has 20 heavy (non-hydrogen) atoms. The van der Waals surface area contributed by atoms with E-state index < -0.39 is 0 Å². The molecule has 1 unspecified atom stereocenters. The minimum atomic E-state index is -0.300. The molecule has 1 aromatic carbocycles. The minimum Gasteiger partial charge on any atom is -0.371 e. The van der Waals surface area contributed by atoms with Gasteiger partial charge in [0.2, 0.25) is 0 Å². The van der Waals surface area contributed by atoms with Gasteiger partial charge in [-0.1, -0.05) is 20.8 Å². The van der Waals surface area contributed by atoms with Gasteiger partial charge in [-0.2, -0.15) is 0 Å². The summed E-state index contributed by atoms with van der Waals surface area (Å²) in [5.74, 6) is 0.233. The van der Waals surface area contributed by atoms with Crippen LogP contribution in [0, 0.1) is 24.1 Å². The van der Waals surface area contributed by atoms with Gasteiger partial charge in [0.15, 0.2) is 5.78 Å². The van der Waals surface area contributed by atoms with E-state index >= 15 is 0 Å². The lowest BCUT2D eigenvalue weighted by Gasteiger charge is -2.28. The van der Waals surface area contributed by atoms with Crippen molar-refractivity contribution < 1.29 is 9.18 Å². The summed E-state index contributed by atoms with van der Waals surface area (Å²) in [6.45, 7) is 11.9. The fourth-order valence-corrected chi connectivity index (χ4v) is 2.90. The number of anilines is 1. The lowest BCUT2D eigenvalue weighted by Crippen LogP contribution is -2.27. The molecule has 2 rings (SSSR count). The molecule has 0 amide bonds. The molecule has 110 valence electrons. The standard InChI is InChI=1S/C17H24FNO/c1-11-8-16(14(12(2)20)9-15(11)18)19-7-6-13(10-19)17(3,4)5/h8-9,13H,6-7,10H2,1-5H3. The summed E-state index contributed by atoms with van der Waals surface area (Å²) in [6.07, 6.45) is 1.12. The molecule has 1 fully saturated rings. The normalized spacial score (nSPS) is 19.5. The Kier molecular flexibility index (Phi) is 3.90. The van der Waals surface area contributed by atoms with Gasteiger partial charge >= 0.3 is 0 Å². The number of hydrogen-bond donors (Lipinski definition) is 0. The molecule has 1 heterocycles. The maximum absolute atomic E-state index is 13.7. The van der Waals surface area contributed by atoms with Gasteiger partial charge in [-0.25, -0.2) is 4.39 Å². The number of halogens is 1. The van der Waals surface area contributed by atoms with Gasteiger partial charge in [-0.05, 0) is 49.3 Å². The number of Topliss-reactive ketones (excluding diaryl/α,β-unsaturated/α-hetero) is 1. The van der Waals surface area contributed by atoms with Crippen molar-refractivity contribution in [3.63, 3.8) is 0 Å². The first-order chi connectivity index (χ1) is 9.20. The highest BCUT2D eigenvalue weighted by Gasteiger charge is 2.33. The zero-order chi connectivity index (χ0) is 15.1. The van der Waals surface area contributed by atoms with Crippen molar-refractivity contribution in [3.05, 3.63) is 29.1 Å². The van der Waals surface area contributed by atoms with Crippen molar-refractivity contribution >= 4 is 11.5 Å². The molecule has 1 saturated heterocycles. The number of nitrogens with zero attached hydrogens (tertiary/aromatic N) is 1. The Labute approximate surface area is 121 Å². The number of hydrogen-bond acceptors (Lipinski definition) is 2. The van der Waals surface area contributed by atoms with E-state index in [0.717, 1.165) is 25.2 Å². The SMILES string of the molecule is CC(=O)c1cc(F)c(C)cc1N1CCC(C(C)(C)C)C1. The summed E-state index contributed by atoms with van der Waals surface area (Å²) >= 11 is 0. The zero-order valence-corrected chi connectivity index (χ0v) is 13.1. The molecule has 0 aromatic heterocycles. The Hall–Kier alpha value is -1.38. The summed E-state index contributed by atoms with van der Waals surface area (Å²) in [7, 11) is 0. The van der Waals surface area contributed by atoms with E-state index in [-0.39, 0.29) is 17.0 Å². The Morgan fingerprint density at radius 1 is 1.35 bits per heavy atom. The van der Waals surface area contributed by atoms with Gasteiger partial charge < -0.3 is 4.90 Å². The van der Waals surface area contributed by atoms with E-state index in [1.807, 2.05) is 6.07 Å². The first-order valence-corrected chi connectivity index (χ1v) is 7.26. The van der Waals surface area contributed by atoms with Crippen molar-refractivity contribution in [1.82, 2.24) is 0 Å². The molecule has 1 aliphatic heterocycles. The minimum absolute atomic E-state index is 0.0712. The third kappa shape index (κ3) is 2.87. The Balaban J connectivity index is 2.34. The van der Waals surface area contributed by atoms with E-state index in [4.69, 9.17) is 0 Å². The van der Waals surface area contributed by atoms with E-state index in [9.17, 15) is 9.18 Å². The quantitative estimate of drug-likeness (QED) is 0.755. The molecule has 0 spiro atoms. The summed E-state index contributed by atoms with van der Waals surface area (Å²) in [6, 6.07) is 3.20. The molecule has 1 atom stereocenters. The molecule has 0 saturated carbocycles. The number of carbonyl (C=O) groups is 1. The van der Waals surface area contributed by atoms with E-state index in [1.165, 1.54) is 13.0 Å². The van der Waals surface area contributed by atoms with Crippen LogP contribution in [-0.2, 0) is 0 Å². The van der Waals surface area contributed by atoms with Gasteiger partial charge in [0.25, 0.3) is 0 Å². The largest absolute Gasteiger partial charge is 0.371 e. The second-order valence-electron chi connectivity index (χ2n) is 6.97. The van der Waals surface area contributed by atoms with Crippen LogP contribution >= 0.6 is 0 Å². The predicted molar refractivity (Wildman–Crippen MR) is 80.9 cm³/mol. The second kappa shape index (κ2) is 5.19. The molecule has 1 aromatic rings. The number of aryl methyl sites for hydroxylation is 1. The maximum Gasteiger partial charge on any atom is 0.161 e. The summed E-state index contributed by atoms with van der Waals surface area (Å²) in [5, 5.41) is 0.